The van der Waals surface area contributed by atoms with Gasteiger partial charge in [0.1, 0.15) is 18.0 Å². The van der Waals surface area contributed by atoms with Gasteiger partial charge < -0.3 is 14.5 Å². The van der Waals surface area contributed by atoms with E-state index >= 15 is 0 Å². The third-order valence-corrected chi connectivity index (χ3v) is 6.09. The molecule has 11 nitrogen and oxygen atoms in total. The van der Waals surface area contributed by atoms with Gasteiger partial charge in [-0.15, -0.1) is 0 Å². The van der Waals surface area contributed by atoms with Gasteiger partial charge in [0.05, 0.1) is 22.6 Å². The third kappa shape index (κ3) is 5.89. The van der Waals surface area contributed by atoms with Crippen molar-refractivity contribution in [2.45, 2.75) is 43.2 Å². The number of hydrogen-bond donors (Lipinski definition) is 2. The highest BCUT2D eigenvalue weighted by Crippen LogP contribution is 2.28. The summed E-state index contributed by atoms with van der Waals surface area (Å²) in [6.45, 7) is -0.525. The van der Waals surface area contributed by atoms with Crippen molar-refractivity contribution in [1.82, 2.24) is 4.72 Å². The average molecular weight is 451 g/mol. The maximum Gasteiger partial charge on any atom is 0.321 e. The number of nitrogens with one attached hydrogen (secondary N) is 2. The van der Waals surface area contributed by atoms with Crippen LogP contribution in [-0.2, 0) is 30.9 Å². The van der Waals surface area contributed by atoms with Crippen LogP contribution in [0.5, 0.6) is 0 Å². The van der Waals surface area contributed by atoms with Crippen molar-refractivity contribution in [2.75, 3.05) is 11.9 Å². The van der Waals surface area contributed by atoms with Gasteiger partial charge in [-0.1, -0.05) is 0 Å². The molecule has 1 fully saturated rings. The molecule has 2 N–H and O–H groups in total. The van der Waals surface area contributed by atoms with E-state index < -0.39 is 39.3 Å². The Kier molecular flexibility index (Phi) is 7.02. The summed E-state index contributed by atoms with van der Waals surface area (Å²) >= 11 is 0. The molecule has 1 aromatic carbocycles. The minimum absolute atomic E-state index is 0.107. The Hall–Kier alpha value is -3.25. The highest BCUT2D eigenvalue weighted by molar-refractivity contribution is 7.89. The van der Waals surface area contributed by atoms with Crippen LogP contribution >= 0.6 is 0 Å². The maximum absolute atomic E-state index is 12.5. The summed E-state index contributed by atoms with van der Waals surface area (Å²) in [5.74, 6) is -0.534. The number of hydrogen-bond acceptors (Lipinski definition) is 9. The van der Waals surface area contributed by atoms with Crippen molar-refractivity contribution < 1.29 is 32.1 Å². The van der Waals surface area contributed by atoms with E-state index in [0.29, 0.717) is 18.6 Å². The zero-order valence-electron chi connectivity index (χ0n) is 16.4. The molecule has 0 spiro atoms. The van der Waals surface area contributed by atoms with Crippen LogP contribution < -0.4 is 10.0 Å². The second-order valence-electron chi connectivity index (χ2n) is 6.88. The Morgan fingerprint density at radius 1 is 1.29 bits per heavy atom. The molecule has 1 aliphatic rings. The average Bonchev–Trinajstić information content (AvgIpc) is 3.26. The lowest BCUT2D eigenvalue weighted by atomic mass is 9.96. The molecule has 2 aromatic rings. The first-order valence-electron chi connectivity index (χ1n) is 9.53. The molecule has 0 saturated heterocycles. The van der Waals surface area contributed by atoms with Crippen molar-refractivity contribution in [2.24, 2.45) is 0 Å². The number of Topliss-reactive ketones (excluding diaryl/α,β-unsaturated/α-hetero) is 1. The Balaban J connectivity index is 1.65. The Morgan fingerprint density at radius 2 is 2.10 bits per heavy atom. The lowest BCUT2D eigenvalue weighted by molar-refractivity contribution is -0.384. The van der Waals surface area contributed by atoms with Gasteiger partial charge >= 0.3 is 5.97 Å². The largest absolute Gasteiger partial charge is 0.467 e. The molecule has 0 radical (unpaired) electrons. The molecule has 31 heavy (non-hydrogen) atoms. The Labute approximate surface area is 178 Å². The maximum atomic E-state index is 12.5. The molecular weight excluding hydrogens is 430 g/mol. The number of ketones is 1. The lowest BCUT2D eigenvalue weighted by Crippen LogP contribution is -2.36. The fourth-order valence-corrected chi connectivity index (χ4v) is 4.08. The minimum atomic E-state index is -4.23. The molecule has 166 valence electrons. The number of nitro benzene ring substituents is 1. The molecule has 0 amide bonds. The number of nitrogens with zero attached hydrogens (tertiary/aromatic N) is 1. The summed E-state index contributed by atoms with van der Waals surface area (Å²) in [6.07, 6.45) is 2.83. The van der Waals surface area contributed by atoms with Crippen molar-refractivity contribution in [1.29, 1.82) is 0 Å². The van der Waals surface area contributed by atoms with Gasteiger partial charge in [0.2, 0.25) is 10.0 Å². The number of rotatable bonds is 9. The summed E-state index contributed by atoms with van der Waals surface area (Å²) in [5, 5.41) is 14.2. The molecule has 12 heteroatoms. The molecule has 0 aliphatic heterocycles. The summed E-state index contributed by atoms with van der Waals surface area (Å²) in [4.78, 5) is 34.0. The van der Waals surface area contributed by atoms with Crippen LogP contribution in [0.25, 0.3) is 0 Å². The van der Waals surface area contributed by atoms with E-state index in [1.54, 1.807) is 12.1 Å². The van der Waals surface area contributed by atoms with E-state index in [0.717, 1.165) is 18.9 Å². The van der Waals surface area contributed by atoms with Crippen LogP contribution in [0, 0.1) is 10.1 Å². The lowest BCUT2D eigenvalue weighted by Gasteiger charge is -2.20. The first-order chi connectivity index (χ1) is 14.8. The van der Waals surface area contributed by atoms with Gasteiger partial charge in [0, 0.05) is 12.5 Å². The second kappa shape index (κ2) is 9.71. The molecule has 1 unspecified atom stereocenters. The van der Waals surface area contributed by atoms with Crippen molar-refractivity contribution >= 4 is 33.2 Å². The number of anilines is 1. The number of furan rings is 1. The molecule has 1 aliphatic carbocycles. The summed E-state index contributed by atoms with van der Waals surface area (Å²) < 4.78 is 37.2. The fourth-order valence-electron chi connectivity index (χ4n) is 3.09. The molecule has 1 atom stereocenters. The van der Waals surface area contributed by atoms with E-state index in [-0.39, 0.29) is 22.9 Å². The predicted molar refractivity (Wildman–Crippen MR) is 108 cm³/mol. The summed E-state index contributed by atoms with van der Waals surface area (Å²) in [7, 11) is -4.23. The predicted octanol–water partition coefficient (Wildman–Crippen LogP) is 2.13. The highest BCUT2D eigenvalue weighted by Gasteiger charge is 2.27. The van der Waals surface area contributed by atoms with Crippen LogP contribution in [0.1, 0.15) is 31.4 Å². The first-order valence-corrected chi connectivity index (χ1v) is 11.0. The zero-order chi connectivity index (χ0) is 22.4. The Morgan fingerprint density at radius 3 is 2.77 bits per heavy atom. The van der Waals surface area contributed by atoms with E-state index in [9.17, 15) is 28.1 Å². The van der Waals surface area contributed by atoms with Gasteiger partial charge in [0.25, 0.3) is 5.69 Å². The van der Waals surface area contributed by atoms with Crippen LogP contribution in [0.3, 0.4) is 0 Å². The number of sulfonamides is 1. The van der Waals surface area contributed by atoms with Crippen molar-refractivity contribution in [3.05, 3.63) is 52.5 Å². The van der Waals surface area contributed by atoms with E-state index in [2.05, 4.69) is 5.32 Å². The topological polar surface area (TPSA) is 158 Å². The van der Waals surface area contributed by atoms with E-state index in [4.69, 9.17) is 9.15 Å². The van der Waals surface area contributed by atoms with Gasteiger partial charge in [-0.3, -0.25) is 19.7 Å². The SMILES string of the molecule is O=C(CNS(=O)(=O)c1ccc(NCc2ccco2)c([N+](=O)[O-])c1)OC1CCCCC1=O. The smallest absolute Gasteiger partial charge is 0.321 e. The Bertz CT molecular complexity index is 1070. The number of carbonyl (C=O) groups is 2. The van der Waals surface area contributed by atoms with Crippen molar-refractivity contribution in [3.63, 3.8) is 0 Å². The number of esters is 1. The van der Waals surface area contributed by atoms with Gasteiger partial charge in [-0.2, -0.15) is 4.72 Å². The number of ether oxygens (including phenoxy) is 1. The number of nitro groups is 1. The summed E-state index contributed by atoms with van der Waals surface area (Å²) in [6, 6.07) is 6.68. The van der Waals surface area contributed by atoms with Gasteiger partial charge in [0.15, 0.2) is 11.9 Å². The first kappa shape index (κ1) is 22.4. The molecule has 1 heterocycles. The second-order valence-corrected chi connectivity index (χ2v) is 8.65. The molecule has 3 rings (SSSR count). The quantitative estimate of drug-likeness (QED) is 0.331. The number of benzene rings is 1. The molecular formula is C19H21N3O8S. The zero-order valence-corrected chi connectivity index (χ0v) is 17.2. The monoisotopic (exact) mass is 451 g/mol. The standard InChI is InChI=1S/C19H21N3O8S/c23-17-5-1-2-6-18(17)30-19(24)12-21-31(27,28)14-7-8-15(16(10-14)22(25)26)20-11-13-4-3-9-29-13/h3-4,7-10,18,20-21H,1-2,5-6,11-12H2. The van der Waals surface area contributed by atoms with Crippen LogP contribution in [-0.4, -0.2) is 37.7 Å². The molecule has 1 saturated carbocycles. The van der Waals surface area contributed by atoms with Crippen molar-refractivity contribution in [3.8, 4) is 0 Å². The fraction of sp³-hybridized carbons (Fsp3) is 0.368. The van der Waals surface area contributed by atoms with Crippen LogP contribution in [0.15, 0.2) is 45.9 Å². The molecule has 0 bridgehead atoms. The third-order valence-electron chi connectivity index (χ3n) is 4.69. The molecule has 1 aromatic heterocycles. The van der Waals surface area contributed by atoms with Gasteiger partial charge in [-0.05, 0) is 43.5 Å². The number of carbonyl (C=O) groups excluding carboxylic acids is 2. The van der Waals surface area contributed by atoms with E-state index in [1.807, 2.05) is 4.72 Å². The highest BCUT2D eigenvalue weighted by atomic mass is 32.2. The van der Waals surface area contributed by atoms with Gasteiger partial charge in [-0.25, -0.2) is 8.42 Å². The van der Waals surface area contributed by atoms with Crippen LogP contribution in [0.4, 0.5) is 11.4 Å². The van der Waals surface area contributed by atoms with E-state index in [1.165, 1.54) is 18.4 Å². The summed E-state index contributed by atoms with van der Waals surface area (Å²) in [5.41, 5.74) is -0.347. The van der Waals surface area contributed by atoms with Crippen LogP contribution in [0.2, 0.25) is 0 Å². The minimum Gasteiger partial charge on any atom is -0.467 e. The normalized spacial score (nSPS) is 16.6.